The van der Waals surface area contributed by atoms with Crippen LogP contribution in [0.2, 0.25) is 0 Å². The molecular formula is C24H21N3O3. The first-order valence-corrected chi connectivity index (χ1v) is 9.27. The van der Waals surface area contributed by atoms with Gasteiger partial charge < -0.3 is 15.8 Å². The fraction of sp³-hybridized carbons (Fsp3) is 0.0417. The Morgan fingerprint density at radius 2 is 1.67 bits per heavy atom. The van der Waals surface area contributed by atoms with Crippen LogP contribution in [-0.4, -0.2) is 17.2 Å². The Morgan fingerprint density at radius 3 is 2.30 bits per heavy atom. The number of aldehydes is 1. The molecule has 3 N–H and O–H groups in total. The van der Waals surface area contributed by atoms with E-state index in [0.717, 1.165) is 11.1 Å². The van der Waals surface area contributed by atoms with Gasteiger partial charge in [0.2, 0.25) is 0 Å². The monoisotopic (exact) mass is 399 g/mol. The molecule has 0 radical (unpaired) electrons. The summed E-state index contributed by atoms with van der Waals surface area (Å²) in [4.78, 5) is 27.9. The van der Waals surface area contributed by atoms with Crippen molar-refractivity contribution in [2.24, 2.45) is 5.73 Å². The molecule has 1 aromatic heterocycles. The van der Waals surface area contributed by atoms with Gasteiger partial charge in [-0.3, -0.25) is 14.6 Å². The quantitative estimate of drug-likeness (QED) is 0.344. The number of nitrogens with one attached hydrogen (secondary N) is 1. The second kappa shape index (κ2) is 10.4. The molecule has 0 aliphatic rings. The van der Waals surface area contributed by atoms with Gasteiger partial charge in [0.25, 0.3) is 5.91 Å². The van der Waals surface area contributed by atoms with E-state index < -0.39 is 5.91 Å². The van der Waals surface area contributed by atoms with Crippen LogP contribution in [0.3, 0.4) is 0 Å². The maximum atomic E-state index is 12.5. The number of amides is 1. The summed E-state index contributed by atoms with van der Waals surface area (Å²) in [6.45, 7) is 0.438. The van der Waals surface area contributed by atoms with Crippen LogP contribution in [0.5, 0.6) is 5.75 Å². The van der Waals surface area contributed by atoms with Gasteiger partial charge in [-0.2, -0.15) is 0 Å². The number of hydrogen-bond acceptors (Lipinski definition) is 5. The summed E-state index contributed by atoms with van der Waals surface area (Å²) in [6, 6.07) is 20.0. The van der Waals surface area contributed by atoms with E-state index in [1.807, 2.05) is 30.3 Å². The van der Waals surface area contributed by atoms with Crippen molar-refractivity contribution in [3.63, 3.8) is 0 Å². The zero-order chi connectivity index (χ0) is 21.2. The molecule has 6 nitrogen and oxygen atoms in total. The molecule has 150 valence electrons. The molecule has 0 saturated carbocycles. The van der Waals surface area contributed by atoms with Crippen LogP contribution in [-0.2, 0) is 11.4 Å². The highest BCUT2D eigenvalue weighted by molar-refractivity contribution is 5.99. The number of benzene rings is 2. The van der Waals surface area contributed by atoms with Crippen molar-refractivity contribution in [3.05, 3.63) is 114 Å². The van der Waals surface area contributed by atoms with Gasteiger partial charge in [0.15, 0.2) is 6.29 Å². The highest BCUT2D eigenvalue weighted by Gasteiger charge is 2.09. The molecule has 30 heavy (non-hydrogen) atoms. The molecule has 0 unspecified atom stereocenters. The third kappa shape index (κ3) is 5.65. The molecule has 3 aromatic rings. The number of nitrogens with zero attached hydrogens (tertiary/aromatic N) is 1. The lowest BCUT2D eigenvalue weighted by Crippen LogP contribution is -2.23. The van der Waals surface area contributed by atoms with Gasteiger partial charge in [-0.15, -0.1) is 0 Å². The molecular weight excluding hydrogens is 378 g/mol. The second-order valence-corrected chi connectivity index (χ2v) is 6.33. The van der Waals surface area contributed by atoms with Crippen LogP contribution >= 0.6 is 0 Å². The number of carbonyl (C=O) groups excluding carboxylic acids is 2. The average Bonchev–Trinajstić information content (AvgIpc) is 2.81. The molecule has 0 aliphatic heterocycles. The van der Waals surface area contributed by atoms with Crippen LogP contribution in [0, 0.1) is 0 Å². The number of hydrogen-bond donors (Lipinski definition) is 2. The molecule has 0 atom stereocenters. The largest absolute Gasteiger partial charge is 0.489 e. The van der Waals surface area contributed by atoms with E-state index in [2.05, 4.69) is 10.3 Å². The Balaban J connectivity index is 1.64. The summed E-state index contributed by atoms with van der Waals surface area (Å²) in [5.41, 5.74) is 8.58. The highest BCUT2D eigenvalue weighted by Crippen LogP contribution is 2.16. The minimum atomic E-state index is -0.408. The lowest BCUT2D eigenvalue weighted by Gasteiger charge is -2.09. The standard InChI is InChI=1S/C24H21N3O3/c25-15-21(19-10-12-26-13-11-19)14-22(16-28)27-24(29)20-6-8-23(9-7-20)30-17-18-4-2-1-3-5-18/h1-16H,17,25H2,(H,27,29)/b21-15+,22-14+. The Kier molecular flexibility index (Phi) is 7.11. The number of carbonyl (C=O) groups is 2. The van der Waals surface area contributed by atoms with Crippen molar-refractivity contribution < 1.29 is 14.3 Å². The highest BCUT2D eigenvalue weighted by atomic mass is 16.5. The molecule has 3 rings (SSSR count). The maximum absolute atomic E-state index is 12.5. The third-order valence-corrected chi connectivity index (χ3v) is 4.25. The summed E-state index contributed by atoms with van der Waals surface area (Å²) in [5.74, 6) is 0.238. The molecule has 0 aliphatic carbocycles. The van der Waals surface area contributed by atoms with E-state index in [9.17, 15) is 9.59 Å². The van der Waals surface area contributed by atoms with Gasteiger partial charge in [-0.25, -0.2) is 0 Å². The van der Waals surface area contributed by atoms with Gasteiger partial charge in [-0.1, -0.05) is 30.3 Å². The fourth-order valence-electron chi connectivity index (χ4n) is 2.69. The Hall–Kier alpha value is -4.19. The zero-order valence-corrected chi connectivity index (χ0v) is 16.2. The lowest BCUT2D eigenvalue weighted by atomic mass is 10.1. The predicted molar refractivity (Wildman–Crippen MR) is 115 cm³/mol. The Bertz CT molecular complexity index is 1040. The minimum absolute atomic E-state index is 0.0953. The first kappa shape index (κ1) is 20.5. The van der Waals surface area contributed by atoms with Crippen LogP contribution in [0.1, 0.15) is 21.5 Å². The normalized spacial score (nSPS) is 11.6. The molecule has 0 spiro atoms. The fourth-order valence-corrected chi connectivity index (χ4v) is 2.69. The molecule has 6 heteroatoms. The van der Waals surface area contributed by atoms with Gasteiger partial charge in [-0.05, 0) is 59.2 Å². The lowest BCUT2D eigenvalue weighted by molar-refractivity contribution is -0.105. The van der Waals surface area contributed by atoms with Crippen LogP contribution in [0.4, 0.5) is 0 Å². The van der Waals surface area contributed by atoms with Gasteiger partial charge in [0.05, 0.1) is 5.70 Å². The summed E-state index contributed by atoms with van der Waals surface area (Å²) < 4.78 is 5.72. The van der Waals surface area contributed by atoms with Crippen molar-refractivity contribution in [1.82, 2.24) is 10.3 Å². The molecule has 2 aromatic carbocycles. The number of ether oxygens (including phenoxy) is 1. The van der Waals surface area contributed by atoms with Gasteiger partial charge in [0, 0.05) is 24.2 Å². The summed E-state index contributed by atoms with van der Waals surface area (Å²) in [7, 11) is 0. The number of nitrogens with two attached hydrogens (primary N) is 1. The van der Waals surface area contributed by atoms with E-state index in [0.29, 0.717) is 29.8 Å². The Morgan fingerprint density at radius 1 is 0.967 bits per heavy atom. The average molecular weight is 399 g/mol. The summed E-state index contributed by atoms with van der Waals surface area (Å²) >= 11 is 0. The minimum Gasteiger partial charge on any atom is -0.489 e. The van der Waals surface area contributed by atoms with Crippen molar-refractivity contribution >= 4 is 17.8 Å². The van der Waals surface area contributed by atoms with E-state index in [-0.39, 0.29) is 5.70 Å². The van der Waals surface area contributed by atoms with Gasteiger partial charge in [0.1, 0.15) is 12.4 Å². The van der Waals surface area contributed by atoms with Crippen LogP contribution < -0.4 is 15.8 Å². The topological polar surface area (TPSA) is 94.3 Å². The van der Waals surface area contributed by atoms with Crippen molar-refractivity contribution in [1.29, 1.82) is 0 Å². The molecule has 0 saturated heterocycles. The maximum Gasteiger partial charge on any atom is 0.255 e. The molecule has 0 fully saturated rings. The summed E-state index contributed by atoms with van der Waals surface area (Å²) in [5, 5.41) is 2.60. The first-order chi connectivity index (χ1) is 14.7. The molecule has 1 heterocycles. The van der Waals surface area contributed by atoms with E-state index in [1.54, 1.807) is 48.8 Å². The number of rotatable bonds is 8. The number of pyridine rings is 1. The SMILES string of the molecule is N/C=C(\C=C(/C=O)NC(=O)c1ccc(OCc2ccccc2)cc1)c1ccncc1. The number of aromatic nitrogens is 1. The van der Waals surface area contributed by atoms with Crippen LogP contribution in [0.25, 0.3) is 5.57 Å². The van der Waals surface area contributed by atoms with Crippen LogP contribution in [0.15, 0.2) is 97.1 Å². The molecule has 1 amide bonds. The smallest absolute Gasteiger partial charge is 0.255 e. The van der Waals surface area contributed by atoms with Gasteiger partial charge >= 0.3 is 0 Å². The number of allylic oxidation sites excluding steroid dienone is 3. The first-order valence-electron chi connectivity index (χ1n) is 9.27. The zero-order valence-electron chi connectivity index (χ0n) is 16.2. The van der Waals surface area contributed by atoms with Crippen molar-refractivity contribution in [3.8, 4) is 5.75 Å². The summed E-state index contributed by atoms with van der Waals surface area (Å²) in [6.07, 6.45) is 6.68. The van der Waals surface area contributed by atoms with Crippen molar-refractivity contribution in [2.45, 2.75) is 6.61 Å². The Labute approximate surface area is 174 Å². The second-order valence-electron chi connectivity index (χ2n) is 6.33. The predicted octanol–water partition coefficient (Wildman–Crippen LogP) is 3.47. The van der Waals surface area contributed by atoms with Crippen molar-refractivity contribution in [2.75, 3.05) is 0 Å². The van der Waals surface area contributed by atoms with E-state index in [1.165, 1.54) is 12.3 Å². The van der Waals surface area contributed by atoms with E-state index in [4.69, 9.17) is 10.5 Å². The van der Waals surface area contributed by atoms with E-state index >= 15 is 0 Å². The third-order valence-electron chi connectivity index (χ3n) is 4.25. The molecule has 0 bridgehead atoms.